The van der Waals surface area contributed by atoms with Gasteiger partial charge in [0.05, 0.1) is 6.42 Å². The molecule has 1 aliphatic rings. The van der Waals surface area contributed by atoms with Crippen LogP contribution in [0.25, 0.3) is 0 Å². The highest BCUT2D eigenvalue weighted by Gasteiger charge is 2.23. The number of rotatable bonds is 5. The first-order chi connectivity index (χ1) is 13.6. The van der Waals surface area contributed by atoms with Crippen molar-refractivity contribution in [3.05, 3.63) is 88.8 Å². The molecule has 28 heavy (non-hydrogen) atoms. The summed E-state index contributed by atoms with van der Waals surface area (Å²) in [5.74, 6) is 0.0977. The molecule has 1 amide bonds. The van der Waals surface area contributed by atoms with E-state index in [1.165, 1.54) is 30.0 Å². The molecule has 5 heteroatoms. The maximum atomic E-state index is 14.4. The first-order valence-electron chi connectivity index (χ1n) is 9.73. The summed E-state index contributed by atoms with van der Waals surface area (Å²) < 4.78 is 16.2. The van der Waals surface area contributed by atoms with E-state index in [-0.39, 0.29) is 18.1 Å². The average molecular weight is 377 g/mol. The van der Waals surface area contributed by atoms with Crippen LogP contribution in [0.15, 0.2) is 54.9 Å². The van der Waals surface area contributed by atoms with Gasteiger partial charge in [0, 0.05) is 25.0 Å². The largest absolute Gasteiger partial charge is 0.342 e. The number of benzene rings is 2. The van der Waals surface area contributed by atoms with Crippen molar-refractivity contribution in [2.45, 2.75) is 38.1 Å². The Morgan fingerprint density at radius 2 is 1.96 bits per heavy atom. The van der Waals surface area contributed by atoms with Crippen molar-refractivity contribution < 1.29 is 9.18 Å². The molecule has 0 bridgehead atoms. The van der Waals surface area contributed by atoms with E-state index in [1.807, 2.05) is 13.1 Å². The smallest absolute Gasteiger partial charge is 0.225 e. The van der Waals surface area contributed by atoms with E-state index in [0.29, 0.717) is 11.4 Å². The molecule has 4 nitrogen and oxygen atoms in total. The van der Waals surface area contributed by atoms with Crippen LogP contribution in [0.4, 0.5) is 4.39 Å². The predicted molar refractivity (Wildman–Crippen MR) is 106 cm³/mol. The monoisotopic (exact) mass is 377 g/mol. The number of imidazole rings is 1. The number of nitrogens with zero attached hydrogens (tertiary/aromatic N) is 2. The predicted octanol–water partition coefficient (Wildman–Crippen LogP) is 3.89. The van der Waals surface area contributed by atoms with Crippen LogP contribution >= 0.6 is 0 Å². The van der Waals surface area contributed by atoms with Gasteiger partial charge in [-0.05, 0) is 48.4 Å². The van der Waals surface area contributed by atoms with Crippen molar-refractivity contribution in [2.75, 3.05) is 0 Å². The Labute approximate surface area is 164 Å². The van der Waals surface area contributed by atoms with E-state index in [0.717, 1.165) is 18.4 Å². The van der Waals surface area contributed by atoms with Gasteiger partial charge in [-0.25, -0.2) is 9.37 Å². The third-order valence-corrected chi connectivity index (χ3v) is 5.42. The SMILES string of the molecule is Cn1ccnc1[C@@H](NC(=O)Cc1ccc2c(c1)CCCC2)c1ccccc1F. The number of carbonyl (C=O) groups excluding carboxylic acids is 1. The average Bonchev–Trinajstić information content (AvgIpc) is 3.12. The Morgan fingerprint density at radius 3 is 2.71 bits per heavy atom. The van der Waals surface area contributed by atoms with Gasteiger partial charge < -0.3 is 9.88 Å². The van der Waals surface area contributed by atoms with Crippen molar-refractivity contribution >= 4 is 5.91 Å². The lowest BCUT2D eigenvalue weighted by Gasteiger charge is -2.20. The van der Waals surface area contributed by atoms with Crippen LogP contribution in [-0.2, 0) is 31.1 Å². The van der Waals surface area contributed by atoms with Gasteiger partial charge in [0.15, 0.2) is 0 Å². The van der Waals surface area contributed by atoms with Crippen LogP contribution < -0.4 is 5.32 Å². The fraction of sp³-hybridized carbons (Fsp3) is 0.304. The summed E-state index contributed by atoms with van der Waals surface area (Å²) in [4.78, 5) is 17.1. The molecule has 3 aromatic rings. The molecular formula is C23H24FN3O. The molecule has 1 atom stereocenters. The Kier molecular flexibility index (Phi) is 5.24. The molecule has 0 saturated carbocycles. The molecule has 1 heterocycles. The van der Waals surface area contributed by atoms with Crippen molar-refractivity contribution in [2.24, 2.45) is 7.05 Å². The van der Waals surface area contributed by atoms with Gasteiger partial charge in [0.25, 0.3) is 0 Å². The summed E-state index contributed by atoms with van der Waals surface area (Å²) in [5, 5.41) is 2.98. The molecule has 0 radical (unpaired) electrons. The third-order valence-electron chi connectivity index (χ3n) is 5.42. The highest BCUT2D eigenvalue weighted by Crippen LogP contribution is 2.25. The maximum absolute atomic E-state index is 14.4. The Hall–Kier alpha value is -2.95. The topological polar surface area (TPSA) is 46.9 Å². The molecule has 0 aliphatic heterocycles. The van der Waals surface area contributed by atoms with Crippen LogP contribution in [0.5, 0.6) is 0 Å². The number of aromatic nitrogens is 2. The molecule has 0 fully saturated rings. The molecule has 4 rings (SSSR count). The number of hydrogen-bond acceptors (Lipinski definition) is 2. The zero-order valence-corrected chi connectivity index (χ0v) is 16.0. The third kappa shape index (κ3) is 3.84. The number of nitrogens with one attached hydrogen (secondary N) is 1. The second kappa shape index (κ2) is 7.97. The zero-order valence-electron chi connectivity index (χ0n) is 16.0. The van der Waals surface area contributed by atoms with E-state index in [4.69, 9.17) is 0 Å². The number of halogens is 1. The Bertz CT molecular complexity index is 995. The number of carbonyl (C=O) groups is 1. The van der Waals surface area contributed by atoms with Crippen LogP contribution in [0.2, 0.25) is 0 Å². The summed E-state index contributed by atoms with van der Waals surface area (Å²) in [5.41, 5.74) is 4.15. The summed E-state index contributed by atoms with van der Waals surface area (Å²) >= 11 is 0. The number of amides is 1. The molecule has 1 N–H and O–H groups in total. The molecule has 0 spiro atoms. The highest BCUT2D eigenvalue weighted by molar-refractivity contribution is 5.79. The normalized spacial score (nSPS) is 14.4. The fourth-order valence-electron chi connectivity index (χ4n) is 3.94. The highest BCUT2D eigenvalue weighted by atomic mass is 19.1. The molecule has 0 saturated heterocycles. The van der Waals surface area contributed by atoms with Gasteiger partial charge in [-0.3, -0.25) is 4.79 Å². The molecule has 2 aromatic carbocycles. The van der Waals surface area contributed by atoms with Crippen molar-refractivity contribution in [1.29, 1.82) is 0 Å². The van der Waals surface area contributed by atoms with Crippen LogP contribution in [0.1, 0.15) is 47.0 Å². The van der Waals surface area contributed by atoms with Gasteiger partial charge in [-0.1, -0.05) is 36.4 Å². The van der Waals surface area contributed by atoms with Crippen LogP contribution in [0, 0.1) is 5.82 Å². The standard InChI is InChI=1S/C23H24FN3O/c1-27-13-12-25-23(27)22(19-8-4-5-9-20(19)24)26-21(28)15-16-10-11-17-6-2-3-7-18(17)14-16/h4-5,8-14,22H,2-3,6-7,15H2,1H3,(H,26,28)/t22-/m0/s1. The van der Waals surface area contributed by atoms with Gasteiger partial charge in [-0.15, -0.1) is 0 Å². The van der Waals surface area contributed by atoms with Crippen LogP contribution in [0.3, 0.4) is 0 Å². The first-order valence-corrected chi connectivity index (χ1v) is 9.73. The first kappa shape index (κ1) is 18.4. The van der Waals surface area contributed by atoms with Crippen molar-refractivity contribution in [3.63, 3.8) is 0 Å². The van der Waals surface area contributed by atoms with E-state index in [1.54, 1.807) is 35.2 Å². The second-order valence-electron chi connectivity index (χ2n) is 7.41. The van der Waals surface area contributed by atoms with E-state index in [9.17, 15) is 9.18 Å². The zero-order chi connectivity index (χ0) is 19.5. The number of fused-ring (bicyclic) bond motifs is 1. The quantitative estimate of drug-likeness (QED) is 0.733. The molecular weight excluding hydrogens is 353 g/mol. The minimum Gasteiger partial charge on any atom is -0.342 e. The van der Waals surface area contributed by atoms with E-state index in [2.05, 4.69) is 22.4 Å². The van der Waals surface area contributed by atoms with Crippen molar-refractivity contribution in [1.82, 2.24) is 14.9 Å². The van der Waals surface area contributed by atoms with E-state index < -0.39 is 6.04 Å². The summed E-state index contributed by atoms with van der Waals surface area (Å²) in [6, 6.07) is 12.2. The minimum absolute atomic E-state index is 0.146. The summed E-state index contributed by atoms with van der Waals surface area (Å²) in [7, 11) is 1.84. The molecule has 1 aromatic heterocycles. The maximum Gasteiger partial charge on any atom is 0.225 e. The Morgan fingerprint density at radius 1 is 1.18 bits per heavy atom. The fourth-order valence-corrected chi connectivity index (χ4v) is 3.94. The van der Waals surface area contributed by atoms with E-state index >= 15 is 0 Å². The molecule has 0 unspecified atom stereocenters. The number of hydrogen-bond donors (Lipinski definition) is 1. The molecule has 144 valence electrons. The van der Waals surface area contributed by atoms with Gasteiger partial charge in [-0.2, -0.15) is 0 Å². The van der Waals surface area contributed by atoms with Crippen LogP contribution in [-0.4, -0.2) is 15.5 Å². The lowest BCUT2D eigenvalue weighted by Crippen LogP contribution is -2.32. The minimum atomic E-state index is -0.633. The summed E-state index contributed by atoms with van der Waals surface area (Å²) in [6.45, 7) is 0. The number of aryl methyl sites for hydroxylation is 3. The van der Waals surface area contributed by atoms with Gasteiger partial charge in [0.1, 0.15) is 17.7 Å². The lowest BCUT2D eigenvalue weighted by molar-refractivity contribution is -0.121. The van der Waals surface area contributed by atoms with Crippen molar-refractivity contribution in [3.8, 4) is 0 Å². The summed E-state index contributed by atoms with van der Waals surface area (Å²) in [6.07, 6.45) is 8.35. The lowest BCUT2D eigenvalue weighted by atomic mass is 9.90. The second-order valence-corrected chi connectivity index (χ2v) is 7.41. The Balaban J connectivity index is 1.56. The van der Waals surface area contributed by atoms with Gasteiger partial charge in [0.2, 0.25) is 5.91 Å². The molecule has 1 aliphatic carbocycles. The van der Waals surface area contributed by atoms with Gasteiger partial charge >= 0.3 is 0 Å².